The van der Waals surface area contributed by atoms with Crippen molar-refractivity contribution in [2.75, 3.05) is 10.0 Å². The zero-order valence-corrected chi connectivity index (χ0v) is 16.1. The van der Waals surface area contributed by atoms with Crippen molar-refractivity contribution in [3.8, 4) is 0 Å². The van der Waals surface area contributed by atoms with Gasteiger partial charge in [0.1, 0.15) is 0 Å². The maximum absolute atomic E-state index is 12.5. The Morgan fingerprint density at radius 3 is 2.73 bits per heavy atom. The van der Waals surface area contributed by atoms with Crippen LogP contribution in [0.25, 0.3) is 10.2 Å². The standard InChI is InChI=1S/C18H19N3O3S2/c1-3-5-17(22)20-18-19-15-11-13(8-9-16(15)25-18)21-26(23,24)14-7-4-6-12(2)10-14/h4,6-11,21H,3,5H2,1-2H3,(H,19,20,22). The number of aryl methyl sites for hydroxylation is 1. The van der Waals surface area contributed by atoms with Crippen molar-refractivity contribution in [3.63, 3.8) is 0 Å². The van der Waals surface area contributed by atoms with Gasteiger partial charge in [0, 0.05) is 6.42 Å². The summed E-state index contributed by atoms with van der Waals surface area (Å²) in [4.78, 5) is 16.3. The molecule has 0 radical (unpaired) electrons. The number of rotatable bonds is 6. The minimum atomic E-state index is -3.67. The molecule has 26 heavy (non-hydrogen) atoms. The Morgan fingerprint density at radius 1 is 1.19 bits per heavy atom. The van der Waals surface area contributed by atoms with E-state index in [1.807, 2.05) is 19.9 Å². The average molecular weight is 390 g/mol. The van der Waals surface area contributed by atoms with Gasteiger partial charge in [-0.2, -0.15) is 0 Å². The van der Waals surface area contributed by atoms with E-state index in [1.165, 1.54) is 11.3 Å². The first-order valence-electron chi connectivity index (χ1n) is 8.17. The monoisotopic (exact) mass is 389 g/mol. The largest absolute Gasteiger partial charge is 0.302 e. The van der Waals surface area contributed by atoms with Crippen LogP contribution in [-0.2, 0) is 14.8 Å². The summed E-state index contributed by atoms with van der Waals surface area (Å²) in [6.07, 6.45) is 1.21. The van der Waals surface area contributed by atoms with Crippen LogP contribution in [0.15, 0.2) is 47.4 Å². The molecule has 8 heteroatoms. The van der Waals surface area contributed by atoms with Crippen molar-refractivity contribution in [1.29, 1.82) is 0 Å². The molecule has 1 aromatic heterocycles. The summed E-state index contributed by atoms with van der Waals surface area (Å²) >= 11 is 1.36. The lowest BCUT2D eigenvalue weighted by atomic mass is 10.2. The van der Waals surface area contributed by atoms with Crippen LogP contribution in [-0.4, -0.2) is 19.3 Å². The van der Waals surface area contributed by atoms with Crippen molar-refractivity contribution < 1.29 is 13.2 Å². The minimum absolute atomic E-state index is 0.0769. The van der Waals surface area contributed by atoms with Gasteiger partial charge in [-0.05, 0) is 49.2 Å². The van der Waals surface area contributed by atoms with Crippen molar-refractivity contribution in [1.82, 2.24) is 4.98 Å². The van der Waals surface area contributed by atoms with Gasteiger partial charge >= 0.3 is 0 Å². The molecular weight excluding hydrogens is 370 g/mol. The molecule has 1 heterocycles. The summed E-state index contributed by atoms with van der Waals surface area (Å²) in [5, 5.41) is 3.27. The summed E-state index contributed by atoms with van der Waals surface area (Å²) in [5.41, 5.74) is 1.93. The molecule has 136 valence electrons. The summed E-state index contributed by atoms with van der Waals surface area (Å²) in [6.45, 7) is 3.78. The first-order valence-corrected chi connectivity index (χ1v) is 10.5. The Kier molecular flexibility index (Phi) is 5.24. The van der Waals surface area contributed by atoms with Crippen LogP contribution in [0.1, 0.15) is 25.3 Å². The van der Waals surface area contributed by atoms with Gasteiger partial charge in [-0.25, -0.2) is 13.4 Å². The van der Waals surface area contributed by atoms with Crippen molar-refractivity contribution in [2.24, 2.45) is 0 Å². The van der Waals surface area contributed by atoms with Crippen LogP contribution in [0.5, 0.6) is 0 Å². The summed E-state index contributed by atoms with van der Waals surface area (Å²) in [7, 11) is -3.67. The SMILES string of the molecule is CCCC(=O)Nc1nc2cc(NS(=O)(=O)c3cccc(C)c3)ccc2s1. The van der Waals surface area contributed by atoms with E-state index in [2.05, 4.69) is 15.0 Å². The number of benzene rings is 2. The second-order valence-electron chi connectivity index (χ2n) is 5.92. The van der Waals surface area contributed by atoms with Crippen LogP contribution in [0.2, 0.25) is 0 Å². The molecular formula is C18H19N3O3S2. The Bertz CT molecular complexity index is 1060. The molecule has 0 saturated heterocycles. The quantitative estimate of drug-likeness (QED) is 0.663. The number of fused-ring (bicyclic) bond motifs is 1. The molecule has 0 bridgehead atoms. The van der Waals surface area contributed by atoms with Crippen LogP contribution >= 0.6 is 11.3 Å². The normalized spacial score (nSPS) is 11.5. The number of carbonyl (C=O) groups is 1. The molecule has 0 unspecified atom stereocenters. The fourth-order valence-electron chi connectivity index (χ4n) is 2.45. The van der Waals surface area contributed by atoms with E-state index >= 15 is 0 Å². The van der Waals surface area contributed by atoms with E-state index in [0.717, 1.165) is 16.7 Å². The van der Waals surface area contributed by atoms with Gasteiger partial charge in [0.2, 0.25) is 5.91 Å². The highest BCUT2D eigenvalue weighted by molar-refractivity contribution is 7.92. The number of aromatic nitrogens is 1. The maximum atomic E-state index is 12.5. The second-order valence-corrected chi connectivity index (χ2v) is 8.63. The van der Waals surface area contributed by atoms with Gasteiger partial charge in [0.15, 0.2) is 5.13 Å². The number of nitrogens with zero attached hydrogens (tertiary/aromatic N) is 1. The highest BCUT2D eigenvalue weighted by Gasteiger charge is 2.15. The second kappa shape index (κ2) is 7.43. The van der Waals surface area contributed by atoms with Crippen molar-refractivity contribution in [2.45, 2.75) is 31.6 Å². The first-order chi connectivity index (χ1) is 12.4. The topological polar surface area (TPSA) is 88.2 Å². The van der Waals surface area contributed by atoms with Gasteiger partial charge < -0.3 is 5.32 Å². The van der Waals surface area contributed by atoms with Gasteiger partial charge in [-0.15, -0.1) is 0 Å². The van der Waals surface area contributed by atoms with Crippen LogP contribution in [0, 0.1) is 6.92 Å². The van der Waals surface area contributed by atoms with Crippen LogP contribution in [0.3, 0.4) is 0 Å². The minimum Gasteiger partial charge on any atom is -0.302 e. The Balaban J connectivity index is 1.84. The molecule has 0 aliphatic carbocycles. The number of anilines is 2. The third-order valence-corrected chi connectivity index (χ3v) is 5.99. The molecule has 3 aromatic rings. The number of sulfonamides is 1. The fraction of sp³-hybridized carbons (Fsp3) is 0.222. The molecule has 2 aromatic carbocycles. The van der Waals surface area contributed by atoms with E-state index < -0.39 is 10.0 Å². The lowest BCUT2D eigenvalue weighted by Crippen LogP contribution is -2.12. The number of hydrogen-bond donors (Lipinski definition) is 2. The highest BCUT2D eigenvalue weighted by atomic mass is 32.2. The van der Waals surface area contributed by atoms with E-state index in [1.54, 1.807) is 36.4 Å². The molecule has 1 amide bonds. The van der Waals surface area contributed by atoms with Gasteiger partial charge in [-0.3, -0.25) is 9.52 Å². The van der Waals surface area contributed by atoms with E-state index in [4.69, 9.17) is 0 Å². The predicted octanol–water partition coefficient (Wildman–Crippen LogP) is 4.14. The lowest BCUT2D eigenvalue weighted by Gasteiger charge is -2.08. The van der Waals surface area contributed by atoms with Crippen LogP contribution < -0.4 is 10.0 Å². The highest BCUT2D eigenvalue weighted by Crippen LogP contribution is 2.29. The Labute approximate surface area is 156 Å². The molecule has 0 spiro atoms. The van der Waals surface area contributed by atoms with E-state index in [-0.39, 0.29) is 10.8 Å². The van der Waals surface area contributed by atoms with E-state index in [9.17, 15) is 13.2 Å². The third kappa shape index (κ3) is 4.20. The maximum Gasteiger partial charge on any atom is 0.261 e. The molecule has 3 rings (SSSR count). The number of hydrogen-bond acceptors (Lipinski definition) is 5. The predicted molar refractivity (Wildman–Crippen MR) is 105 cm³/mol. The van der Waals surface area contributed by atoms with Crippen LogP contribution in [0.4, 0.5) is 10.8 Å². The molecule has 2 N–H and O–H groups in total. The average Bonchev–Trinajstić information content (AvgIpc) is 2.96. The van der Waals surface area contributed by atoms with Gasteiger partial charge in [-0.1, -0.05) is 30.4 Å². The summed E-state index contributed by atoms with van der Waals surface area (Å²) in [5.74, 6) is -0.0769. The molecule has 0 aliphatic heterocycles. The summed E-state index contributed by atoms with van der Waals surface area (Å²) in [6, 6.07) is 11.9. The van der Waals surface area contributed by atoms with Crippen molar-refractivity contribution >= 4 is 48.3 Å². The third-order valence-electron chi connectivity index (χ3n) is 3.66. The summed E-state index contributed by atoms with van der Waals surface area (Å²) < 4.78 is 28.5. The smallest absolute Gasteiger partial charge is 0.261 e. The van der Waals surface area contributed by atoms with Gasteiger partial charge in [0.05, 0.1) is 20.8 Å². The number of nitrogens with one attached hydrogen (secondary N) is 2. The number of thiazole rings is 1. The molecule has 6 nitrogen and oxygen atoms in total. The molecule has 0 atom stereocenters. The fourth-order valence-corrected chi connectivity index (χ4v) is 4.47. The number of carbonyl (C=O) groups excluding carboxylic acids is 1. The van der Waals surface area contributed by atoms with E-state index in [0.29, 0.717) is 22.8 Å². The lowest BCUT2D eigenvalue weighted by molar-refractivity contribution is -0.116. The zero-order chi connectivity index (χ0) is 18.7. The molecule has 0 fully saturated rings. The first kappa shape index (κ1) is 18.3. The zero-order valence-electron chi connectivity index (χ0n) is 14.4. The van der Waals surface area contributed by atoms with Crippen molar-refractivity contribution in [3.05, 3.63) is 48.0 Å². The number of amides is 1. The molecule has 0 aliphatic rings. The van der Waals surface area contributed by atoms with Gasteiger partial charge in [0.25, 0.3) is 10.0 Å². The molecule has 0 saturated carbocycles. The Hall–Kier alpha value is -2.45. The Morgan fingerprint density at radius 2 is 2.00 bits per heavy atom.